The molecular formula is C8H18N2. The van der Waals surface area contributed by atoms with Gasteiger partial charge < -0.3 is 10.6 Å². The Morgan fingerprint density at radius 2 is 2.20 bits per heavy atom. The van der Waals surface area contributed by atoms with Crippen LogP contribution in [0.5, 0.6) is 0 Å². The highest BCUT2D eigenvalue weighted by molar-refractivity contribution is 4.91. The topological polar surface area (TPSA) is 24.1 Å². The van der Waals surface area contributed by atoms with Gasteiger partial charge >= 0.3 is 0 Å². The fourth-order valence-electron chi connectivity index (χ4n) is 0.629. The number of rotatable bonds is 6. The predicted octanol–water partition coefficient (Wildman–Crippen LogP) is 1.11. The molecule has 2 heteroatoms. The fraction of sp³-hybridized carbons (Fsp3) is 0.750. The zero-order valence-corrected chi connectivity index (χ0v) is 7.04. The zero-order valence-electron chi connectivity index (χ0n) is 7.04. The molecule has 0 amide bonds. The third-order valence-corrected chi connectivity index (χ3v) is 1.40. The molecule has 2 N–H and O–H groups in total. The monoisotopic (exact) mass is 142 g/mol. The van der Waals surface area contributed by atoms with Crippen molar-refractivity contribution in [3.05, 3.63) is 12.3 Å². The Morgan fingerprint density at radius 1 is 1.50 bits per heavy atom. The number of nitrogens with one attached hydrogen (secondary N) is 2. The van der Waals surface area contributed by atoms with Crippen molar-refractivity contribution in [3.8, 4) is 0 Å². The summed E-state index contributed by atoms with van der Waals surface area (Å²) in [6.07, 6.45) is 2.50. The fourth-order valence-corrected chi connectivity index (χ4v) is 0.629. The van der Waals surface area contributed by atoms with Gasteiger partial charge in [0, 0.05) is 19.3 Å². The summed E-state index contributed by atoms with van der Waals surface area (Å²) in [6, 6.07) is 0. The highest BCUT2D eigenvalue weighted by Crippen LogP contribution is 1.83. The van der Waals surface area contributed by atoms with Crippen LogP contribution in [0.2, 0.25) is 0 Å². The Hall–Kier alpha value is -0.500. The van der Waals surface area contributed by atoms with Crippen molar-refractivity contribution < 1.29 is 0 Å². The van der Waals surface area contributed by atoms with Gasteiger partial charge in [0.25, 0.3) is 0 Å². The molecule has 0 saturated heterocycles. The summed E-state index contributed by atoms with van der Waals surface area (Å²) in [5.74, 6) is 0. The van der Waals surface area contributed by atoms with Crippen molar-refractivity contribution >= 4 is 0 Å². The van der Waals surface area contributed by atoms with E-state index >= 15 is 0 Å². The van der Waals surface area contributed by atoms with Gasteiger partial charge in [0.05, 0.1) is 0 Å². The number of hydrogen-bond donors (Lipinski definition) is 2. The van der Waals surface area contributed by atoms with Gasteiger partial charge in [-0.3, -0.25) is 0 Å². The van der Waals surface area contributed by atoms with Gasteiger partial charge in [0.1, 0.15) is 0 Å². The Morgan fingerprint density at radius 3 is 2.70 bits per heavy atom. The van der Waals surface area contributed by atoms with Crippen molar-refractivity contribution in [2.24, 2.45) is 0 Å². The molecular weight excluding hydrogens is 124 g/mol. The van der Waals surface area contributed by atoms with Crippen LogP contribution in [0.3, 0.4) is 0 Å². The first-order chi connectivity index (χ1) is 4.81. The lowest BCUT2D eigenvalue weighted by molar-refractivity contribution is 0.658. The second-order valence-electron chi connectivity index (χ2n) is 2.38. The van der Waals surface area contributed by atoms with Crippen molar-refractivity contribution in [1.29, 1.82) is 0 Å². The van der Waals surface area contributed by atoms with Gasteiger partial charge in [-0.25, -0.2) is 0 Å². The minimum absolute atomic E-state index is 0.885. The van der Waals surface area contributed by atoms with Crippen LogP contribution in [0.1, 0.15) is 19.8 Å². The summed E-state index contributed by atoms with van der Waals surface area (Å²) in [5.41, 5.74) is 1.05. The van der Waals surface area contributed by atoms with Crippen LogP contribution < -0.4 is 10.6 Å². The molecule has 2 nitrogen and oxygen atoms in total. The molecule has 0 saturated carbocycles. The first-order valence-electron chi connectivity index (χ1n) is 3.87. The van der Waals surface area contributed by atoms with Crippen LogP contribution in [-0.4, -0.2) is 20.1 Å². The summed E-state index contributed by atoms with van der Waals surface area (Å²) >= 11 is 0. The van der Waals surface area contributed by atoms with Gasteiger partial charge in [-0.15, -0.1) is 0 Å². The van der Waals surface area contributed by atoms with Crippen LogP contribution in [0.15, 0.2) is 12.3 Å². The summed E-state index contributed by atoms with van der Waals surface area (Å²) in [4.78, 5) is 0. The number of unbranched alkanes of at least 4 members (excludes halogenated alkanes) is 1. The second-order valence-corrected chi connectivity index (χ2v) is 2.38. The van der Waals surface area contributed by atoms with E-state index in [1.54, 1.807) is 0 Å². The molecule has 0 heterocycles. The third kappa shape index (κ3) is 5.63. The maximum absolute atomic E-state index is 3.80. The van der Waals surface area contributed by atoms with E-state index in [2.05, 4.69) is 24.1 Å². The second kappa shape index (κ2) is 6.62. The molecule has 0 aromatic rings. The molecule has 0 spiro atoms. The number of likely N-dealkylation sites (N-methyl/N-ethyl adjacent to an activating group) is 1. The first kappa shape index (κ1) is 9.50. The average molecular weight is 142 g/mol. The largest absolute Gasteiger partial charge is 0.391 e. The van der Waals surface area contributed by atoms with Crippen LogP contribution in [-0.2, 0) is 0 Å². The quantitative estimate of drug-likeness (QED) is 0.543. The molecule has 0 aromatic carbocycles. The highest BCUT2D eigenvalue weighted by atomic mass is 14.9. The van der Waals surface area contributed by atoms with Crippen molar-refractivity contribution in [1.82, 2.24) is 10.6 Å². The maximum atomic E-state index is 3.80. The first-order valence-corrected chi connectivity index (χ1v) is 3.87. The summed E-state index contributed by atoms with van der Waals surface area (Å²) in [7, 11) is 1.89. The Labute approximate surface area is 63.7 Å². The van der Waals surface area contributed by atoms with Crippen molar-refractivity contribution in [3.63, 3.8) is 0 Å². The Bertz CT molecular complexity index is 89.3. The summed E-state index contributed by atoms with van der Waals surface area (Å²) in [5, 5.41) is 6.26. The van der Waals surface area contributed by atoms with E-state index in [1.165, 1.54) is 12.8 Å². The summed E-state index contributed by atoms with van der Waals surface area (Å²) in [6.45, 7) is 7.97. The summed E-state index contributed by atoms with van der Waals surface area (Å²) < 4.78 is 0. The van der Waals surface area contributed by atoms with Gasteiger partial charge in [-0.05, 0) is 13.0 Å². The lowest BCUT2D eigenvalue weighted by Crippen LogP contribution is -2.23. The third-order valence-electron chi connectivity index (χ3n) is 1.40. The Balaban J connectivity index is 2.96. The normalized spacial score (nSPS) is 9.40. The van der Waals surface area contributed by atoms with E-state index in [-0.39, 0.29) is 0 Å². The van der Waals surface area contributed by atoms with E-state index < -0.39 is 0 Å². The van der Waals surface area contributed by atoms with Gasteiger partial charge in [-0.2, -0.15) is 0 Å². The number of hydrogen-bond acceptors (Lipinski definition) is 2. The minimum Gasteiger partial charge on any atom is -0.391 e. The van der Waals surface area contributed by atoms with E-state index in [1.807, 2.05) is 7.05 Å². The van der Waals surface area contributed by atoms with Crippen molar-refractivity contribution in [2.45, 2.75) is 19.8 Å². The molecule has 10 heavy (non-hydrogen) atoms. The van der Waals surface area contributed by atoms with E-state index in [9.17, 15) is 0 Å². The molecule has 0 aliphatic heterocycles. The standard InChI is InChI=1S/C8H18N2/c1-4-5-6-10-7-8(2)9-3/h9-10H,2,4-7H2,1,3H3. The van der Waals surface area contributed by atoms with E-state index in [4.69, 9.17) is 0 Å². The molecule has 0 atom stereocenters. The molecule has 0 unspecified atom stereocenters. The Kier molecular flexibility index (Phi) is 6.29. The molecule has 0 aromatic heterocycles. The maximum Gasteiger partial charge on any atom is 0.0347 e. The SMILES string of the molecule is C=C(CNCCCC)NC. The molecule has 0 bridgehead atoms. The van der Waals surface area contributed by atoms with Gasteiger partial charge in [0.15, 0.2) is 0 Å². The van der Waals surface area contributed by atoms with Crippen LogP contribution in [0.25, 0.3) is 0 Å². The molecule has 0 aliphatic carbocycles. The van der Waals surface area contributed by atoms with Crippen LogP contribution in [0.4, 0.5) is 0 Å². The molecule has 60 valence electrons. The van der Waals surface area contributed by atoms with Gasteiger partial charge in [-0.1, -0.05) is 19.9 Å². The van der Waals surface area contributed by atoms with Crippen LogP contribution >= 0.6 is 0 Å². The van der Waals surface area contributed by atoms with E-state index in [0.717, 1.165) is 18.8 Å². The predicted molar refractivity (Wildman–Crippen MR) is 46.0 cm³/mol. The van der Waals surface area contributed by atoms with Crippen LogP contribution in [0, 0.1) is 0 Å². The minimum atomic E-state index is 0.885. The zero-order chi connectivity index (χ0) is 7.82. The highest BCUT2D eigenvalue weighted by Gasteiger charge is 1.87. The molecule has 0 rings (SSSR count). The van der Waals surface area contributed by atoms with E-state index in [0.29, 0.717) is 0 Å². The molecule has 0 fully saturated rings. The molecule has 0 aliphatic rings. The van der Waals surface area contributed by atoms with Gasteiger partial charge in [0.2, 0.25) is 0 Å². The lowest BCUT2D eigenvalue weighted by atomic mass is 10.3. The molecule has 0 radical (unpaired) electrons. The van der Waals surface area contributed by atoms with Crippen molar-refractivity contribution in [2.75, 3.05) is 20.1 Å². The smallest absolute Gasteiger partial charge is 0.0347 e. The average Bonchev–Trinajstić information content (AvgIpc) is 1.98. The lowest BCUT2D eigenvalue weighted by Gasteiger charge is -2.05.